The smallest absolute Gasteiger partial charge is 0.226 e. The van der Waals surface area contributed by atoms with Gasteiger partial charge in [0.05, 0.1) is 5.52 Å². The van der Waals surface area contributed by atoms with Crippen molar-refractivity contribution in [3.63, 3.8) is 0 Å². The van der Waals surface area contributed by atoms with E-state index in [0.717, 1.165) is 28.7 Å². The van der Waals surface area contributed by atoms with Crippen molar-refractivity contribution in [2.24, 2.45) is 0 Å². The normalized spacial score (nSPS) is 12.3. The van der Waals surface area contributed by atoms with Crippen molar-refractivity contribution in [3.05, 3.63) is 90.5 Å². The van der Waals surface area contributed by atoms with Gasteiger partial charge in [-0.3, -0.25) is 0 Å². The van der Waals surface area contributed by atoms with Crippen LogP contribution in [0, 0.1) is 0 Å². The number of hydrogen-bond donors (Lipinski definition) is 1. The highest BCUT2D eigenvalue weighted by Crippen LogP contribution is 2.24. The first-order chi connectivity index (χ1) is 14.3. The monoisotopic (exact) mass is 379 g/mol. The minimum atomic E-state index is 0.344. The zero-order valence-corrected chi connectivity index (χ0v) is 16.2. The van der Waals surface area contributed by atoms with Crippen molar-refractivity contribution < 1.29 is 0 Å². The average molecular weight is 379 g/mol. The van der Waals surface area contributed by atoms with Gasteiger partial charge >= 0.3 is 0 Å². The molecule has 29 heavy (non-hydrogen) atoms. The maximum absolute atomic E-state index is 4.83. The van der Waals surface area contributed by atoms with Crippen LogP contribution in [0.15, 0.2) is 84.9 Å². The van der Waals surface area contributed by atoms with Gasteiger partial charge in [0.1, 0.15) is 0 Å². The van der Waals surface area contributed by atoms with E-state index < -0.39 is 0 Å². The molecule has 1 atom stereocenters. The van der Waals surface area contributed by atoms with Gasteiger partial charge in [-0.15, -0.1) is 5.10 Å². The van der Waals surface area contributed by atoms with Crippen LogP contribution < -0.4 is 5.32 Å². The number of rotatable bonds is 5. The Kier molecular flexibility index (Phi) is 4.41. The molecule has 0 bridgehead atoms. The van der Waals surface area contributed by atoms with Gasteiger partial charge in [-0.25, -0.2) is 9.97 Å². The Labute approximate surface area is 169 Å². The van der Waals surface area contributed by atoms with Crippen LogP contribution in [-0.2, 0) is 0 Å². The number of hydrogen-bond acceptors (Lipinski definition) is 4. The van der Waals surface area contributed by atoms with Crippen LogP contribution in [0.3, 0.4) is 0 Å². The van der Waals surface area contributed by atoms with Crippen LogP contribution in [0.4, 0.5) is 5.95 Å². The van der Waals surface area contributed by atoms with E-state index in [4.69, 9.17) is 15.1 Å². The molecule has 5 nitrogen and oxygen atoms in total. The van der Waals surface area contributed by atoms with Gasteiger partial charge in [0.15, 0.2) is 11.5 Å². The van der Waals surface area contributed by atoms with E-state index in [1.807, 2.05) is 65.2 Å². The van der Waals surface area contributed by atoms with E-state index in [1.165, 1.54) is 5.56 Å². The summed E-state index contributed by atoms with van der Waals surface area (Å²) in [6, 6.07) is 28.6. The molecule has 0 saturated carbocycles. The molecule has 5 rings (SSSR count). The average Bonchev–Trinajstić information content (AvgIpc) is 3.24. The molecular formula is C24H21N5. The maximum Gasteiger partial charge on any atom is 0.226 e. The molecule has 0 spiro atoms. The van der Waals surface area contributed by atoms with Crippen molar-refractivity contribution >= 4 is 22.5 Å². The summed E-state index contributed by atoms with van der Waals surface area (Å²) in [5.41, 5.74) is 4.00. The highest BCUT2D eigenvalue weighted by atomic mass is 15.4. The van der Waals surface area contributed by atoms with Crippen LogP contribution in [0.25, 0.3) is 27.9 Å². The second-order valence-corrected chi connectivity index (χ2v) is 7.18. The molecule has 0 radical (unpaired) electrons. The first kappa shape index (κ1) is 17.4. The lowest BCUT2D eigenvalue weighted by atomic mass is 10.0. The Morgan fingerprint density at radius 2 is 1.52 bits per heavy atom. The predicted octanol–water partition coefficient (Wildman–Crippen LogP) is 5.16. The molecule has 3 aromatic carbocycles. The van der Waals surface area contributed by atoms with Gasteiger partial charge in [-0.1, -0.05) is 79.7 Å². The summed E-state index contributed by atoms with van der Waals surface area (Å²) in [4.78, 5) is 9.65. The predicted molar refractivity (Wildman–Crippen MR) is 117 cm³/mol. The summed E-state index contributed by atoms with van der Waals surface area (Å²) < 4.78 is 1.82. The third-order valence-corrected chi connectivity index (χ3v) is 5.15. The quantitative estimate of drug-likeness (QED) is 0.458. The third kappa shape index (κ3) is 3.31. The Morgan fingerprint density at radius 1 is 0.828 bits per heavy atom. The summed E-state index contributed by atoms with van der Waals surface area (Å²) in [5.74, 6) is 1.75. The molecule has 0 aliphatic rings. The van der Waals surface area contributed by atoms with Crippen molar-refractivity contribution in [1.29, 1.82) is 0 Å². The van der Waals surface area contributed by atoms with E-state index in [9.17, 15) is 0 Å². The van der Waals surface area contributed by atoms with Crippen LogP contribution in [-0.4, -0.2) is 26.1 Å². The topological polar surface area (TPSA) is 55.1 Å². The summed E-state index contributed by atoms with van der Waals surface area (Å²) in [6.45, 7) is 2.96. The molecule has 0 saturated heterocycles. The number of aromatic nitrogens is 4. The maximum atomic E-state index is 4.83. The van der Waals surface area contributed by atoms with Crippen LogP contribution in [0.5, 0.6) is 0 Å². The van der Waals surface area contributed by atoms with E-state index in [2.05, 4.69) is 36.5 Å². The molecule has 142 valence electrons. The molecule has 0 unspecified atom stereocenters. The van der Waals surface area contributed by atoms with Crippen LogP contribution >= 0.6 is 0 Å². The fourth-order valence-electron chi connectivity index (χ4n) is 3.52. The molecular weight excluding hydrogens is 358 g/mol. The first-order valence-electron chi connectivity index (χ1n) is 9.79. The third-order valence-electron chi connectivity index (χ3n) is 5.15. The largest absolute Gasteiger partial charge is 0.354 e. The van der Waals surface area contributed by atoms with Gasteiger partial charge in [-0.05, 0) is 23.6 Å². The summed E-state index contributed by atoms with van der Waals surface area (Å²) in [6.07, 6.45) is 0. The van der Waals surface area contributed by atoms with Crippen molar-refractivity contribution in [2.75, 3.05) is 11.9 Å². The minimum absolute atomic E-state index is 0.344. The Hall–Kier alpha value is -3.73. The van der Waals surface area contributed by atoms with Gasteiger partial charge in [-0.2, -0.15) is 4.52 Å². The van der Waals surface area contributed by atoms with Gasteiger partial charge in [0, 0.05) is 17.5 Å². The Bertz CT molecular complexity index is 1260. The number of anilines is 1. The Balaban J connectivity index is 1.57. The van der Waals surface area contributed by atoms with Crippen LogP contribution in [0.1, 0.15) is 18.4 Å². The number of benzene rings is 3. The second kappa shape index (κ2) is 7.36. The zero-order chi connectivity index (χ0) is 19.6. The molecule has 0 amide bonds. The van der Waals surface area contributed by atoms with E-state index >= 15 is 0 Å². The van der Waals surface area contributed by atoms with E-state index in [-0.39, 0.29) is 0 Å². The molecule has 2 aromatic heterocycles. The van der Waals surface area contributed by atoms with Gasteiger partial charge < -0.3 is 5.32 Å². The lowest BCUT2D eigenvalue weighted by Crippen LogP contribution is -2.14. The summed E-state index contributed by atoms with van der Waals surface area (Å²) in [7, 11) is 0. The molecule has 2 heterocycles. The Morgan fingerprint density at radius 3 is 2.31 bits per heavy atom. The lowest BCUT2D eigenvalue weighted by Gasteiger charge is -2.14. The molecule has 0 fully saturated rings. The molecule has 5 aromatic rings. The highest BCUT2D eigenvalue weighted by Gasteiger charge is 2.15. The molecule has 0 aliphatic heterocycles. The molecule has 0 aliphatic carbocycles. The molecule has 1 N–H and O–H groups in total. The van der Waals surface area contributed by atoms with Crippen molar-refractivity contribution in [2.45, 2.75) is 12.8 Å². The minimum Gasteiger partial charge on any atom is -0.354 e. The lowest BCUT2D eigenvalue weighted by molar-refractivity contribution is 0.788. The summed E-state index contributed by atoms with van der Waals surface area (Å²) in [5, 5.41) is 9.25. The first-order valence-corrected chi connectivity index (χ1v) is 9.79. The molecule has 5 heteroatoms. The standard InChI is InChI=1S/C24H21N5/c1-17(18-10-4-2-5-11-18)16-25-24-26-21-15-9-8-14-20(21)23-27-22(28-29(23)24)19-12-6-3-7-13-19/h2-15,17H,16H2,1H3,(H,25,26)/t17-/m0/s1. The number of nitrogens with zero attached hydrogens (tertiary/aromatic N) is 4. The van der Waals surface area contributed by atoms with Crippen LogP contribution in [0.2, 0.25) is 0 Å². The van der Waals surface area contributed by atoms with Gasteiger partial charge in [0.25, 0.3) is 0 Å². The fraction of sp³-hybridized carbons (Fsp3) is 0.125. The fourth-order valence-corrected chi connectivity index (χ4v) is 3.52. The number of para-hydroxylation sites is 1. The second-order valence-electron chi connectivity index (χ2n) is 7.18. The van der Waals surface area contributed by atoms with Gasteiger partial charge in [0.2, 0.25) is 5.95 Å². The highest BCUT2D eigenvalue weighted by molar-refractivity contribution is 5.92. The zero-order valence-electron chi connectivity index (χ0n) is 16.2. The van der Waals surface area contributed by atoms with Crippen molar-refractivity contribution in [3.8, 4) is 11.4 Å². The van der Waals surface area contributed by atoms with Crippen molar-refractivity contribution in [1.82, 2.24) is 19.6 Å². The number of nitrogens with one attached hydrogen (secondary N) is 1. The van der Waals surface area contributed by atoms with E-state index in [1.54, 1.807) is 0 Å². The number of fused-ring (bicyclic) bond motifs is 3. The SMILES string of the molecule is C[C@@H](CNc1nc2ccccc2c2nc(-c3ccccc3)nn12)c1ccccc1. The summed E-state index contributed by atoms with van der Waals surface area (Å²) >= 11 is 0. The van der Waals surface area contributed by atoms with E-state index in [0.29, 0.717) is 17.7 Å².